The Morgan fingerprint density at radius 3 is 2.65 bits per heavy atom. The van der Waals surface area contributed by atoms with Gasteiger partial charge in [0.25, 0.3) is 0 Å². The molecule has 1 saturated heterocycles. The molecule has 1 unspecified atom stereocenters. The topological polar surface area (TPSA) is 15.3 Å². The monoisotopic (exact) mass is 278 g/mol. The summed E-state index contributed by atoms with van der Waals surface area (Å²) in [6.07, 6.45) is 4.77. The van der Waals surface area contributed by atoms with Gasteiger partial charge in [0.2, 0.25) is 0 Å². The van der Waals surface area contributed by atoms with Gasteiger partial charge in [0.15, 0.2) is 0 Å². The van der Waals surface area contributed by atoms with E-state index >= 15 is 0 Å². The summed E-state index contributed by atoms with van der Waals surface area (Å²) in [5, 5.41) is 3.66. The molecule has 1 aromatic rings. The fourth-order valence-corrected chi connectivity index (χ4v) is 2.91. The van der Waals surface area contributed by atoms with Crippen LogP contribution in [0.3, 0.4) is 0 Å². The van der Waals surface area contributed by atoms with Crippen molar-refractivity contribution in [2.75, 3.05) is 19.6 Å². The Bertz CT molecular complexity index is 388. The molecule has 0 radical (unpaired) electrons. The lowest BCUT2D eigenvalue weighted by molar-refractivity contribution is 0.229. The Labute approximate surface area is 122 Å². The molecule has 2 nitrogen and oxygen atoms in total. The van der Waals surface area contributed by atoms with Crippen LogP contribution in [0.25, 0.3) is 0 Å². The van der Waals surface area contributed by atoms with E-state index in [4.69, 9.17) is 0 Å². The van der Waals surface area contributed by atoms with Gasteiger partial charge in [-0.2, -0.15) is 0 Å². The van der Waals surface area contributed by atoms with Crippen LogP contribution in [0.15, 0.2) is 24.3 Å². The molecule has 0 amide bonds. The van der Waals surface area contributed by atoms with Crippen molar-refractivity contribution in [3.05, 3.63) is 35.6 Å². The van der Waals surface area contributed by atoms with Crippen LogP contribution in [-0.4, -0.2) is 36.6 Å². The molecule has 0 bridgehead atoms. The van der Waals surface area contributed by atoms with Crippen LogP contribution in [0.4, 0.5) is 4.39 Å². The second kappa shape index (κ2) is 7.75. The zero-order valence-electron chi connectivity index (χ0n) is 12.7. The van der Waals surface area contributed by atoms with Crippen LogP contribution < -0.4 is 5.32 Å². The Morgan fingerprint density at radius 1 is 1.20 bits per heavy atom. The molecule has 2 rings (SSSR count). The van der Waals surface area contributed by atoms with Crippen molar-refractivity contribution in [1.29, 1.82) is 0 Å². The lowest BCUT2D eigenvalue weighted by Crippen LogP contribution is -2.34. The molecule has 112 valence electrons. The summed E-state index contributed by atoms with van der Waals surface area (Å²) < 4.78 is 12.8. The molecule has 1 aliphatic rings. The van der Waals surface area contributed by atoms with Gasteiger partial charge in [-0.1, -0.05) is 12.1 Å². The highest BCUT2D eigenvalue weighted by Gasteiger charge is 2.17. The van der Waals surface area contributed by atoms with Gasteiger partial charge in [0.1, 0.15) is 5.82 Å². The van der Waals surface area contributed by atoms with Gasteiger partial charge in [-0.25, -0.2) is 4.39 Å². The van der Waals surface area contributed by atoms with Gasteiger partial charge in [-0.05, 0) is 76.9 Å². The first kappa shape index (κ1) is 15.5. The fraction of sp³-hybridized carbons (Fsp3) is 0.647. The highest BCUT2D eigenvalue weighted by Crippen LogP contribution is 2.13. The third-order valence-electron chi connectivity index (χ3n) is 4.25. The zero-order valence-corrected chi connectivity index (χ0v) is 12.7. The van der Waals surface area contributed by atoms with E-state index in [1.807, 2.05) is 12.1 Å². The van der Waals surface area contributed by atoms with Crippen LogP contribution in [0.5, 0.6) is 0 Å². The second-order valence-corrected chi connectivity index (χ2v) is 6.09. The number of likely N-dealkylation sites (tertiary alicyclic amines) is 1. The Hall–Kier alpha value is -0.930. The quantitative estimate of drug-likeness (QED) is 0.889. The second-order valence-electron chi connectivity index (χ2n) is 6.09. The number of nitrogens with zero attached hydrogens (tertiary/aromatic N) is 1. The first-order valence-electron chi connectivity index (χ1n) is 7.87. The van der Waals surface area contributed by atoms with Crippen molar-refractivity contribution in [1.82, 2.24) is 10.2 Å². The van der Waals surface area contributed by atoms with Crippen molar-refractivity contribution < 1.29 is 4.39 Å². The number of benzene rings is 1. The molecular formula is C17H27FN2. The molecule has 0 spiro atoms. The maximum absolute atomic E-state index is 12.8. The largest absolute Gasteiger partial charge is 0.314 e. The van der Waals surface area contributed by atoms with E-state index in [1.54, 1.807) is 12.1 Å². The average Bonchev–Trinajstić information content (AvgIpc) is 2.67. The van der Waals surface area contributed by atoms with Crippen molar-refractivity contribution in [2.24, 2.45) is 0 Å². The number of halogens is 1. The van der Waals surface area contributed by atoms with Gasteiger partial charge >= 0.3 is 0 Å². The van der Waals surface area contributed by atoms with Crippen molar-refractivity contribution in [3.63, 3.8) is 0 Å². The van der Waals surface area contributed by atoms with E-state index in [-0.39, 0.29) is 5.82 Å². The van der Waals surface area contributed by atoms with Crippen molar-refractivity contribution in [3.8, 4) is 0 Å². The van der Waals surface area contributed by atoms with Crippen LogP contribution in [-0.2, 0) is 6.42 Å². The number of nitrogens with one attached hydrogen (secondary N) is 1. The molecule has 1 N–H and O–H groups in total. The minimum atomic E-state index is -0.153. The molecule has 1 atom stereocenters. The summed E-state index contributed by atoms with van der Waals surface area (Å²) in [6.45, 7) is 7.97. The maximum Gasteiger partial charge on any atom is 0.123 e. The molecule has 1 heterocycles. The van der Waals surface area contributed by atoms with Gasteiger partial charge in [-0.3, -0.25) is 0 Å². The van der Waals surface area contributed by atoms with Crippen LogP contribution in [0, 0.1) is 5.82 Å². The molecular weight excluding hydrogens is 251 g/mol. The van der Waals surface area contributed by atoms with Crippen LogP contribution >= 0.6 is 0 Å². The molecule has 20 heavy (non-hydrogen) atoms. The maximum atomic E-state index is 12.8. The highest BCUT2D eigenvalue weighted by molar-refractivity contribution is 5.16. The van der Waals surface area contributed by atoms with E-state index in [2.05, 4.69) is 24.1 Å². The van der Waals surface area contributed by atoms with Crippen molar-refractivity contribution in [2.45, 2.75) is 51.6 Å². The smallest absolute Gasteiger partial charge is 0.123 e. The minimum Gasteiger partial charge on any atom is -0.314 e. The Morgan fingerprint density at radius 2 is 1.95 bits per heavy atom. The van der Waals surface area contributed by atoms with E-state index in [9.17, 15) is 4.39 Å². The van der Waals surface area contributed by atoms with Gasteiger partial charge < -0.3 is 10.2 Å². The number of rotatable bonds is 5. The lowest BCUT2D eigenvalue weighted by Gasteiger charge is -2.24. The lowest BCUT2D eigenvalue weighted by atomic mass is 10.1. The standard InChI is InChI=1S/C17H27FN2/c1-14(2)20-12-3-4-17(10-13-20)19-11-9-15-5-7-16(18)8-6-15/h5-8,14,17,19H,3-4,9-13H2,1-2H3. The van der Waals surface area contributed by atoms with E-state index in [1.165, 1.54) is 37.9 Å². The zero-order chi connectivity index (χ0) is 14.4. The molecule has 0 aromatic heterocycles. The van der Waals surface area contributed by atoms with Gasteiger partial charge in [-0.15, -0.1) is 0 Å². The predicted octanol–water partition coefficient (Wildman–Crippen LogP) is 3.22. The summed E-state index contributed by atoms with van der Waals surface area (Å²) >= 11 is 0. The average molecular weight is 278 g/mol. The Balaban J connectivity index is 1.70. The third kappa shape index (κ3) is 4.88. The molecule has 1 aromatic carbocycles. The van der Waals surface area contributed by atoms with Crippen LogP contribution in [0.1, 0.15) is 38.7 Å². The molecule has 1 fully saturated rings. The summed E-state index contributed by atoms with van der Waals surface area (Å²) in [7, 11) is 0. The summed E-state index contributed by atoms with van der Waals surface area (Å²) in [5.41, 5.74) is 1.20. The van der Waals surface area contributed by atoms with E-state index in [0.717, 1.165) is 13.0 Å². The number of hydrogen-bond acceptors (Lipinski definition) is 2. The van der Waals surface area contributed by atoms with Gasteiger partial charge in [0, 0.05) is 12.1 Å². The molecule has 0 saturated carbocycles. The molecule has 3 heteroatoms. The molecule has 0 aliphatic carbocycles. The summed E-state index contributed by atoms with van der Waals surface area (Å²) in [5.74, 6) is -0.153. The third-order valence-corrected chi connectivity index (χ3v) is 4.25. The highest BCUT2D eigenvalue weighted by atomic mass is 19.1. The fourth-order valence-electron chi connectivity index (χ4n) is 2.91. The van der Waals surface area contributed by atoms with Gasteiger partial charge in [0.05, 0.1) is 0 Å². The summed E-state index contributed by atoms with van der Waals surface area (Å²) in [4.78, 5) is 2.57. The normalized spacial score (nSPS) is 21.1. The predicted molar refractivity (Wildman–Crippen MR) is 82.5 cm³/mol. The van der Waals surface area contributed by atoms with E-state index < -0.39 is 0 Å². The summed E-state index contributed by atoms with van der Waals surface area (Å²) in [6, 6.07) is 8.14. The van der Waals surface area contributed by atoms with E-state index in [0.29, 0.717) is 12.1 Å². The van der Waals surface area contributed by atoms with Crippen molar-refractivity contribution >= 4 is 0 Å². The Kier molecular flexibility index (Phi) is 5.99. The minimum absolute atomic E-state index is 0.153. The number of hydrogen-bond donors (Lipinski definition) is 1. The first-order chi connectivity index (χ1) is 9.65. The molecule has 1 aliphatic heterocycles. The SMILES string of the molecule is CC(C)N1CCCC(NCCc2ccc(F)cc2)CC1. The van der Waals surface area contributed by atoms with Crippen LogP contribution in [0.2, 0.25) is 0 Å². The first-order valence-corrected chi connectivity index (χ1v) is 7.87.